The number of hydrogen-bond donors (Lipinski definition) is 1. The number of ether oxygens (including phenoxy) is 1. The summed E-state index contributed by atoms with van der Waals surface area (Å²) in [5, 5.41) is 0.928. The van der Waals surface area contributed by atoms with Crippen LogP contribution in [-0.4, -0.2) is 37.0 Å². The largest absolute Gasteiger partial charge is 0.493 e. The number of likely N-dealkylation sites (tertiary alicyclic amines) is 1. The zero-order valence-corrected chi connectivity index (χ0v) is 13.6. The van der Waals surface area contributed by atoms with E-state index in [0.29, 0.717) is 35.4 Å². The van der Waals surface area contributed by atoms with Gasteiger partial charge in [0.2, 0.25) is 5.91 Å². The number of carbonyl (C=O) groups excluding carboxylic acids is 1. The number of hydrogen-bond acceptors (Lipinski definition) is 3. The van der Waals surface area contributed by atoms with Crippen molar-refractivity contribution in [3.05, 3.63) is 28.2 Å². The van der Waals surface area contributed by atoms with E-state index in [1.54, 1.807) is 18.2 Å². The van der Waals surface area contributed by atoms with Crippen LogP contribution in [-0.2, 0) is 4.79 Å². The van der Waals surface area contributed by atoms with Gasteiger partial charge in [0, 0.05) is 19.2 Å². The second kappa shape index (κ2) is 6.86. The lowest BCUT2D eigenvalue weighted by Crippen LogP contribution is -2.35. The molecule has 1 aromatic carbocycles. The van der Waals surface area contributed by atoms with Gasteiger partial charge in [-0.15, -0.1) is 0 Å². The molecule has 0 radical (unpaired) electrons. The standard InChI is InChI=1S/C15H20Cl2N2O2/c1-15(9-18)5-6-19(10-15)14(20)4-7-21-11-2-3-12(16)13(17)8-11/h2-3,8H,4-7,9-10,18H2,1H3. The first-order valence-corrected chi connectivity index (χ1v) is 7.75. The minimum atomic E-state index is 0.0558. The van der Waals surface area contributed by atoms with E-state index in [1.165, 1.54) is 0 Å². The zero-order valence-electron chi connectivity index (χ0n) is 12.1. The number of carbonyl (C=O) groups is 1. The average Bonchev–Trinajstić information content (AvgIpc) is 2.86. The minimum absolute atomic E-state index is 0.0558. The highest BCUT2D eigenvalue weighted by Gasteiger charge is 2.34. The Bertz CT molecular complexity index is 524. The molecule has 1 aliphatic rings. The smallest absolute Gasteiger partial charge is 0.226 e. The molecule has 0 bridgehead atoms. The van der Waals surface area contributed by atoms with E-state index in [4.69, 9.17) is 33.7 Å². The summed E-state index contributed by atoms with van der Waals surface area (Å²) in [5.41, 5.74) is 5.80. The fourth-order valence-corrected chi connectivity index (χ4v) is 2.67. The van der Waals surface area contributed by atoms with Crippen molar-refractivity contribution in [1.29, 1.82) is 0 Å². The van der Waals surface area contributed by atoms with Crippen LogP contribution < -0.4 is 10.5 Å². The normalized spacial score (nSPS) is 21.6. The molecule has 21 heavy (non-hydrogen) atoms. The SMILES string of the molecule is CC1(CN)CCN(C(=O)CCOc2ccc(Cl)c(Cl)c2)C1. The molecule has 4 nitrogen and oxygen atoms in total. The molecular weight excluding hydrogens is 311 g/mol. The van der Waals surface area contributed by atoms with Gasteiger partial charge in [0.15, 0.2) is 0 Å². The first-order valence-electron chi connectivity index (χ1n) is 6.99. The van der Waals surface area contributed by atoms with Gasteiger partial charge in [0.1, 0.15) is 5.75 Å². The predicted octanol–water partition coefficient (Wildman–Crippen LogP) is 2.96. The van der Waals surface area contributed by atoms with Crippen molar-refractivity contribution in [3.8, 4) is 5.75 Å². The van der Waals surface area contributed by atoms with E-state index in [9.17, 15) is 4.79 Å². The second-order valence-electron chi connectivity index (χ2n) is 5.75. The van der Waals surface area contributed by atoms with E-state index >= 15 is 0 Å². The average molecular weight is 331 g/mol. The van der Waals surface area contributed by atoms with Crippen LogP contribution in [0.5, 0.6) is 5.75 Å². The molecule has 1 fully saturated rings. The number of nitrogens with two attached hydrogens (primary N) is 1. The second-order valence-corrected chi connectivity index (χ2v) is 6.57. The van der Waals surface area contributed by atoms with E-state index in [1.807, 2.05) is 4.90 Å². The summed E-state index contributed by atoms with van der Waals surface area (Å²) < 4.78 is 5.54. The van der Waals surface area contributed by atoms with Gasteiger partial charge in [0.25, 0.3) is 0 Å². The molecule has 1 heterocycles. The number of benzene rings is 1. The highest BCUT2D eigenvalue weighted by Crippen LogP contribution is 2.29. The summed E-state index contributed by atoms with van der Waals surface area (Å²) in [6.45, 7) is 4.56. The third-order valence-corrected chi connectivity index (χ3v) is 4.62. The van der Waals surface area contributed by atoms with Gasteiger partial charge in [-0.25, -0.2) is 0 Å². The summed E-state index contributed by atoms with van der Waals surface area (Å²) in [7, 11) is 0. The Morgan fingerprint density at radius 3 is 2.81 bits per heavy atom. The Hall–Kier alpha value is -0.970. The summed E-state index contributed by atoms with van der Waals surface area (Å²) in [6.07, 6.45) is 1.31. The maximum Gasteiger partial charge on any atom is 0.226 e. The van der Waals surface area contributed by atoms with Crippen molar-refractivity contribution in [3.63, 3.8) is 0 Å². The monoisotopic (exact) mass is 330 g/mol. The molecule has 0 spiro atoms. The van der Waals surface area contributed by atoms with E-state index in [-0.39, 0.29) is 11.3 Å². The molecule has 0 saturated carbocycles. The molecule has 6 heteroatoms. The number of halogens is 2. The molecule has 0 aliphatic carbocycles. The van der Waals surface area contributed by atoms with Crippen LogP contribution >= 0.6 is 23.2 Å². The van der Waals surface area contributed by atoms with Gasteiger partial charge >= 0.3 is 0 Å². The summed E-state index contributed by atoms with van der Waals surface area (Å²) in [6, 6.07) is 5.06. The van der Waals surface area contributed by atoms with Crippen molar-refractivity contribution in [2.24, 2.45) is 11.1 Å². The summed E-state index contributed by atoms with van der Waals surface area (Å²) in [5.74, 6) is 0.720. The van der Waals surface area contributed by atoms with Crippen LogP contribution in [0.3, 0.4) is 0 Å². The maximum absolute atomic E-state index is 12.1. The molecule has 1 amide bonds. The highest BCUT2D eigenvalue weighted by atomic mass is 35.5. The van der Waals surface area contributed by atoms with E-state index in [2.05, 4.69) is 6.92 Å². The minimum Gasteiger partial charge on any atom is -0.493 e. The molecule has 2 N–H and O–H groups in total. The van der Waals surface area contributed by atoms with Gasteiger partial charge in [-0.1, -0.05) is 30.1 Å². The van der Waals surface area contributed by atoms with Crippen LogP contribution in [0.15, 0.2) is 18.2 Å². The Morgan fingerprint density at radius 1 is 1.43 bits per heavy atom. The molecule has 0 aromatic heterocycles. The predicted molar refractivity (Wildman–Crippen MR) is 84.9 cm³/mol. The van der Waals surface area contributed by atoms with E-state index in [0.717, 1.165) is 19.5 Å². The number of nitrogens with zero attached hydrogens (tertiary/aromatic N) is 1. The van der Waals surface area contributed by atoms with Gasteiger partial charge in [-0.05, 0) is 30.5 Å². The van der Waals surface area contributed by atoms with Crippen molar-refractivity contribution in [2.45, 2.75) is 19.8 Å². The van der Waals surface area contributed by atoms with Gasteiger partial charge in [0.05, 0.1) is 23.1 Å². The molecular formula is C15H20Cl2N2O2. The van der Waals surface area contributed by atoms with E-state index < -0.39 is 0 Å². The van der Waals surface area contributed by atoms with Crippen LogP contribution in [0.4, 0.5) is 0 Å². The first kappa shape index (κ1) is 16.4. The third-order valence-electron chi connectivity index (χ3n) is 3.88. The maximum atomic E-state index is 12.1. The van der Waals surface area contributed by atoms with Crippen LogP contribution in [0.1, 0.15) is 19.8 Å². The molecule has 1 unspecified atom stereocenters. The quantitative estimate of drug-likeness (QED) is 0.902. The Labute approximate surface area is 135 Å². The molecule has 116 valence electrons. The van der Waals surface area contributed by atoms with Crippen molar-refractivity contribution >= 4 is 29.1 Å². The van der Waals surface area contributed by atoms with Gasteiger partial charge < -0.3 is 15.4 Å². The lowest BCUT2D eigenvalue weighted by atomic mass is 9.90. The highest BCUT2D eigenvalue weighted by molar-refractivity contribution is 6.42. The molecule has 1 atom stereocenters. The van der Waals surface area contributed by atoms with Gasteiger partial charge in [-0.3, -0.25) is 4.79 Å². The zero-order chi connectivity index (χ0) is 15.5. The summed E-state index contributed by atoms with van der Waals surface area (Å²) in [4.78, 5) is 14.0. The lowest BCUT2D eigenvalue weighted by Gasteiger charge is -2.22. The van der Waals surface area contributed by atoms with Crippen molar-refractivity contribution in [1.82, 2.24) is 4.90 Å². The molecule has 1 aliphatic heterocycles. The number of rotatable bonds is 5. The van der Waals surface area contributed by atoms with Crippen molar-refractivity contribution in [2.75, 3.05) is 26.2 Å². The molecule has 2 rings (SSSR count). The fraction of sp³-hybridized carbons (Fsp3) is 0.533. The van der Waals surface area contributed by atoms with Gasteiger partial charge in [-0.2, -0.15) is 0 Å². The van der Waals surface area contributed by atoms with Crippen LogP contribution in [0, 0.1) is 5.41 Å². The molecule has 1 saturated heterocycles. The van der Waals surface area contributed by atoms with Crippen molar-refractivity contribution < 1.29 is 9.53 Å². The topological polar surface area (TPSA) is 55.6 Å². The Kier molecular flexibility index (Phi) is 5.36. The van der Waals surface area contributed by atoms with Crippen LogP contribution in [0.2, 0.25) is 10.0 Å². The lowest BCUT2D eigenvalue weighted by molar-refractivity contribution is -0.131. The first-order chi connectivity index (χ1) is 9.93. The Balaban J connectivity index is 1.78. The summed E-state index contributed by atoms with van der Waals surface area (Å²) >= 11 is 11.7. The fourth-order valence-electron chi connectivity index (χ4n) is 2.38. The molecule has 1 aromatic rings. The third kappa shape index (κ3) is 4.25. The van der Waals surface area contributed by atoms with Crippen LogP contribution in [0.25, 0.3) is 0 Å². The Morgan fingerprint density at radius 2 is 2.19 bits per heavy atom. The number of amides is 1.